The third-order valence-corrected chi connectivity index (χ3v) is 8.28. The molecule has 31 heavy (non-hydrogen) atoms. The summed E-state index contributed by atoms with van der Waals surface area (Å²) in [5.74, 6) is 0. The lowest BCUT2D eigenvalue weighted by atomic mass is 9.99. The fourth-order valence-corrected chi connectivity index (χ4v) is 5.90. The second-order valence-corrected chi connectivity index (χ2v) is 10.9. The van der Waals surface area contributed by atoms with Crippen LogP contribution in [0, 0.1) is 0 Å². The molecule has 3 aliphatic rings. The van der Waals surface area contributed by atoms with E-state index in [-0.39, 0.29) is 10.6 Å². The average molecular weight is 444 g/mol. The van der Waals surface area contributed by atoms with Crippen LogP contribution in [0.25, 0.3) is 0 Å². The van der Waals surface area contributed by atoms with Gasteiger partial charge in [-0.25, -0.2) is 9.52 Å². The number of fused-ring (bicyclic) bond motifs is 2. The zero-order valence-electron chi connectivity index (χ0n) is 18.1. The van der Waals surface area contributed by atoms with Crippen molar-refractivity contribution in [3.63, 3.8) is 0 Å². The molecule has 0 bridgehead atoms. The van der Waals surface area contributed by atoms with E-state index in [2.05, 4.69) is 26.1 Å². The molecule has 1 saturated carbocycles. The van der Waals surface area contributed by atoms with Crippen molar-refractivity contribution in [1.82, 2.24) is 19.4 Å². The summed E-state index contributed by atoms with van der Waals surface area (Å²) < 4.78 is 29.3. The van der Waals surface area contributed by atoms with E-state index >= 15 is 0 Å². The first-order valence-electron chi connectivity index (χ1n) is 11.0. The van der Waals surface area contributed by atoms with Gasteiger partial charge in [-0.2, -0.15) is 13.5 Å². The molecule has 5 rings (SSSR count). The minimum atomic E-state index is -4.05. The Morgan fingerprint density at radius 3 is 2.35 bits per heavy atom. The smallest absolute Gasteiger partial charge is 0.307 e. The Balaban J connectivity index is 1.31. The monoisotopic (exact) mass is 443 g/mol. The van der Waals surface area contributed by atoms with Crippen molar-refractivity contribution in [1.29, 1.82) is 0 Å². The number of anilines is 1. The maximum absolute atomic E-state index is 12.8. The molecular formula is C22H29N5O3S. The minimum absolute atomic E-state index is 0.0475. The van der Waals surface area contributed by atoms with Crippen LogP contribution in [0.3, 0.4) is 0 Å². The first kappa shape index (κ1) is 20.5. The Morgan fingerprint density at radius 2 is 1.77 bits per heavy atom. The van der Waals surface area contributed by atoms with Crippen LogP contribution < -0.4 is 10.0 Å². The van der Waals surface area contributed by atoms with Crippen molar-refractivity contribution in [2.45, 2.75) is 68.5 Å². The van der Waals surface area contributed by atoms with Crippen molar-refractivity contribution in [3.05, 3.63) is 40.6 Å². The molecule has 0 radical (unpaired) electrons. The van der Waals surface area contributed by atoms with Gasteiger partial charge < -0.3 is 10.2 Å². The molecule has 8 nitrogen and oxygen atoms in total. The number of aryl methyl sites for hydroxylation is 2. The molecule has 2 aromatic rings. The number of hydrogen-bond acceptors (Lipinski definition) is 5. The molecule has 1 fully saturated rings. The number of carbonyl (C=O) groups is 1. The Bertz CT molecular complexity index is 1120. The summed E-state index contributed by atoms with van der Waals surface area (Å²) in [5, 5.41) is 6.95. The summed E-state index contributed by atoms with van der Waals surface area (Å²) in [5.41, 5.74) is 5.76. The van der Waals surface area contributed by atoms with Gasteiger partial charge in [-0.1, -0.05) is 6.07 Å². The van der Waals surface area contributed by atoms with Crippen molar-refractivity contribution in [2.75, 3.05) is 19.4 Å². The van der Waals surface area contributed by atoms with Crippen LogP contribution in [-0.2, 0) is 42.3 Å². The van der Waals surface area contributed by atoms with Gasteiger partial charge >= 0.3 is 6.03 Å². The summed E-state index contributed by atoms with van der Waals surface area (Å²) >= 11 is 0. The Labute approximate surface area is 183 Å². The predicted octanol–water partition coefficient (Wildman–Crippen LogP) is 2.47. The first-order chi connectivity index (χ1) is 14.8. The van der Waals surface area contributed by atoms with Gasteiger partial charge in [0.05, 0.1) is 6.54 Å². The Morgan fingerprint density at radius 1 is 1.13 bits per heavy atom. The second-order valence-electron chi connectivity index (χ2n) is 9.26. The first-order valence-corrected chi connectivity index (χ1v) is 12.5. The van der Waals surface area contributed by atoms with Crippen LogP contribution in [0.4, 0.5) is 10.5 Å². The van der Waals surface area contributed by atoms with Gasteiger partial charge in [0.1, 0.15) is 0 Å². The number of hydrogen-bond donors (Lipinski definition) is 2. The van der Waals surface area contributed by atoms with Gasteiger partial charge in [0.25, 0.3) is 10.0 Å². The van der Waals surface area contributed by atoms with Crippen LogP contribution in [0.15, 0.2) is 23.4 Å². The Hall–Kier alpha value is -2.39. The standard InChI is InChI=1S/C22H29N5O3S/c1-26(2)22(10-11-22)14-27-12-9-19(24-27)31(29,30)25-21(28)23-20-17-7-3-5-15(17)13-16-6-4-8-18(16)20/h9,12-13H,3-8,10-11,14H2,1-2H3,(H2,23,25,28). The van der Waals surface area contributed by atoms with E-state index in [1.807, 2.05) is 14.1 Å². The molecule has 2 amide bonds. The highest BCUT2D eigenvalue weighted by atomic mass is 32.2. The highest BCUT2D eigenvalue weighted by molar-refractivity contribution is 7.90. The van der Waals surface area contributed by atoms with Gasteiger partial charge in [0, 0.05) is 17.4 Å². The van der Waals surface area contributed by atoms with Crippen LogP contribution in [0.1, 0.15) is 47.9 Å². The molecule has 0 unspecified atom stereocenters. The molecule has 3 aliphatic carbocycles. The number of urea groups is 1. The van der Waals surface area contributed by atoms with Crippen LogP contribution >= 0.6 is 0 Å². The predicted molar refractivity (Wildman–Crippen MR) is 118 cm³/mol. The van der Waals surface area contributed by atoms with Gasteiger partial charge in [-0.05, 0) is 93.8 Å². The van der Waals surface area contributed by atoms with Crippen LogP contribution in [0.2, 0.25) is 0 Å². The zero-order valence-corrected chi connectivity index (χ0v) is 18.9. The maximum Gasteiger partial charge on any atom is 0.333 e. The Kier molecular flexibility index (Phi) is 4.86. The molecule has 166 valence electrons. The molecule has 0 aliphatic heterocycles. The van der Waals surface area contributed by atoms with Crippen molar-refractivity contribution in [2.24, 2.45) is 0 Å². The number of nitrogens with one attached hydrogen (secondary N) is 2. The summed E-state index contributed by atoms with van der Waals surface area (Å²) in [6.07, 6.45) is 9.80. The molecule has 0 spiro atoms. The fraction of sp³-hybridized carbons (Fsp3) is 0.545. The average Bonchev–Trinajstić information content (AvgIpc) is 3.09. The third kappa shape index (κ3) is 3.74. The quantitative estimate of drug-likeness (QED) is 0.715. The topological polar surface area (TPSA) is 96.3 Å². The number of benzene rings is 1. The summed E-state index contributed by atoms with van der Waals surface area (Å²) in [6, 6.07) is 2.99. The lowest BCUT2D eigenvalue weighted by Crippen LogP contribution is -2.36. The second kappa shape index (κ2) is 7.34. The van der Waals surface area contributed by atoms with E-state index in [1.165, 1.54) is 17.2 Å². The highest BCUT2D eigenvalue weighted by Crippen LogP contribution is 2.41. The highest BCUT2D eigenvalue weighted by Gasteiger charge is 2.45. The summed E-state index contributed by atoms with van der Waals surface area (Å²) in [7, 11) is -0.0000680. The van der Waals surface area contributed by atoms with E-state index in [4.69, 9.17) is 0 Å². The minimum Gasteiger partial charge on any atom is -0.307 e. The van der Waals surface area contributed by atoms with E-state index in [0.29, 0.717) is 6.54 Å². The van der Waals surface area contributed by atoms with Crippen LogP contribution in [-0.4, -0.2) is 48.8 Å². The van der Waals surface area contributed by atoms with Gasteiger partial charge in [0.15, 0.2) is 5.03 Å². The molecule has 1 heterocycles. The molecule has 1 aromatic heterocycles. The number of aromatic nitrogens is 2. The van der Waals surface area contributed by atoms with E-state index in [0.717, 1.165) is 68.2 Å². The number of rotatable bonds is 6. The van der Waals surface area contributed by atoms with E-state index in [1.54, 1.807) is 10.9 Å². The zero-order chi connectivity index (χ0) is 21.8. The van der Waals surface area contributed by atoms with Crippen LogP contribution in [0.5, 0.6) is 0 Å². The van der Waals surface area contributed by atoms with Crippen molar-refractivity contribution in [3.8, 4) is 0 Å². The largest absolute Gasteiger partial charge is 0.333 e. The fourth-order valence-electron chi connectivity index (χ4n) is 5.05. The van der Waals surface area contributed by atoms with Gasteiger partial charge in [-0.3, -0.25) is 4.68 Å². The lowest BCUT2D eigenvalue weighted by Gasteiger charge is -2.23. The molecule has 9 heteroatoms. The molecule has 1 aromatic carbocycles. The van der Waals surface area contributed by atoms with Gasteiger partial charge in [-0.15, -0.1) is 0 Å². The SMILES string of the molecule is CN(C)C1(Cn2ccc(S(=O)(=O)NC(=O)Nc3c4c(cc5c3CCC5)CCC4)n2)CC1. The molecule has 0 atom stereocenters. The molecular weight excluding hydrogens is 414 g/mol. The number of likely N-dealkylation sites (N-methyl/N-ethyl adjacent to an activating group) is 1. The van der Waals surface area contributed by atoms with Crippen molar-refractivity contribution < 1.29 is 13.2 Å². The number of amides is 2. The maximum atomic E-state index is 12.8. The van der Waals surface area contributed by atoms with Crippen molar-refractivity contribution >= 4 is 21.7 Å². The van der Waals surface area contributed by atoms with Gasteiger partial charge in [0.2, 0.25) is 0 Å². The number of carbonyl (C=O) groups excluding carboxylic acids is 1. The molecule has 0 saturated heterocycles. The third-order valence-electron chi connectivity index (χ3n) is 7.06. The summed E-state index contributed by atoms with van der Waals surface area (Å²) in [4.78, 5) is 14.9. The van der Waals surface area contributed by atoms with E-state index in [9.17, 15) is 13.2 Å². The normalized spacial score (nSPS) is 18.7. The lowest BCUT2D eigenvalue weighted by molar-refractivity contribution is 0.233. The number of sulfonamides is 1. The van der Waals surface area contributed by atoms with E-state index < -0.39 is 16.1 Å². The molecule has 2 N–H and O–H groups in total. The number of nitrogens with zero attached hydrogens (tertiary/aromatic N) is 3. The summed E-state index contributed by atoms with van der Waals surface area (Å²) in [6.45, 7) is 0.629.